The topological polar surface area (TPSA) is 72.7 Å². The lowest BCUT2D eigenvalue weighted by molar-refractivity contribution is 0.0487. The number of nitrogens with one attached hydrogen (secondary N) is 2. The van der Waals surface area contributed by atoms with Crippen molar-refractivity contribution in [3.05, 3.63) is 18.2 Å². The number of hydrogen-bond donors (Lipinski definition) is 2. The quantitative estimate of drug-likeness (QED) is 0.300. The predicted octanol–water partition coefficient (Wildman–Crippen LogP) is 2.43. The molecule has 1 heterocycles. The molecule has 0 fully saturated rings. The van der Waals surface area contributed by atoms with Gasteiger partial charge >= 0.3 is 0 Å². The van der Waals surface area contributed by atoms with Crippen LogP contribution in [0.2, 0.25) is 0 Å². The van der Waals surface area contributed by atoms with Crippen LogP contribution < -0.4 is 10.6 Å². The lowest BCUT2D eigenvalue weighted by Crippen LogP contribution is -2.39. The van der Waals surface area contributed by atoms with Crippen LogP contribution in [-0.2, 0) is 22.6 Å². The van der Waals surface area contributed by atoms with Crippen molar-refractivity contribution in [3.8, 4) is 0 Å². The zero-order valence-corrected chi connectivity index (χ0v) is 17.0. The summed E-state index contributed by atoms with van der Waals surface area (Å²) in [6.45, 7) is 14.4. The Morgan fingerprint density at radius 3 is 2.62 bits per heavy atom. The summed E-state index contributed by atoms with van der Waals surface area (Å²) < 4.78 is 13.2. The molecule has 150 valence electrons. The van der Waals surface area contributed by atoms with Crippen molar-refractivity contribution in [2.24, 2.45) is 10.9 Å². The van der Waals surface area contributed by atoms with Crippen LogP contribution in [0.15, 0.2) is 17.4 Å². The standard InChI is InChI=1S/C19H37N5O2/c1-5-7-11-25-13-14-26-12-9-22-19(20-6-2)23-15-18-21-8-10-24(18)16-17(3)4/h8,10,17H,5-7,9,11-16H2,1-4H3,(H2,20,22,23). The minimum absolute atomic E-state index is 0.557. The summed E-state index contributed by atoms with van der Waals surface area (Å²) in [6.07, 6.45) is 6.13. The summed E-state index contributed by atoms with van der Waals surface area (Å²) in [7, 11) is 0. The van der Waals surface area contributed by atoms with Crippen LogP contribution in [0, 0.1) is 5.92 Å². The molecule has 0 aromatic carbocycles. The average molecular weight is 368 g/mol. The molecule has 0 spiro atoms. The molecule has 1 aromatic rings. The van der Waals surface area contributed by atoms with E-state index in [9.17, 15) is 0 Å². The molecule has 0 aliphatic heterocycles. The third kappa shape index (κ3) is 10.4. The predicted molar refractivity (Wildman–Crippen MR) is 106 cm³/mol. The summed E-state index contributed by atoms with van der Waals surface area (Å²) in [6, 6.07) is 0. The van der Waals surface area contributed by atoms with E-state index in [4.69, 9.17) is 9.47 Å². The van der Waals surface area contributed by atoms with E-state index in [-0.39, 0.29) is 0 Å². The van der Waals surface area contributed by atoms with Crippen LogP contribution in [0.1, 0.15) is 46.4 Å². The number of hydrogen-bond acceptors (Lipinski definition) is 4. The molecule has 2 N–H and O–H groups in total. The van der Waals surface area contributed by atoms with Gasteiger partial charge < -0.3 is 24.7 Å². The average Bonchev–Trinajstić information content (AvgIpc) is 3.04. The summed E-state index contributed by atoms with van der Waals surface area (Å²) in [5.41, 5.74) is 0. The summed E-state index contributed by atoms with van der Waals surface area (Å²) in [4.78, 5) is 9.04. The molecule has 0 radical (unpaired) electrons. The second-order valence-corrected chi connectivity index (χ2v) is 6.59. The Kier molecular flexibility index (Phi) is 12.6. The minimum atomic E-state index is 0.557. The summed E-state index contributed by atoms with van der Waals surface area (Å²) in [5.74, 6) is 2.35. The van der Waals surface area contributed by atoms with Gasteiger partial charge in [0.2, 0.25) is 0 Å². The highest BCUT2D eigenvalue weighted by molar-refractivity contribution is 5.79. The second kappa shape index (κ2) is 14.6. The van der Waals surface area contributed by atoms with Gasteiger partial charge in [-0.25, -0.2) is 9.98 Å². The fourth-order valence-electron chi connectivity index (χ4n) is 2.35. The SMILES string of the molecule is CCCCOCCOCCNC(=NCc1nccn1CC(C)C)NCC. The monoisotopic (exact) mass is 367 g/mol. The Hall–Kier alpha value is -1.60. The molecule has 7 nitrogen and oxygen atoms in total. The Morgan fingerprint density at radius 1 is 1.15 bits per heavy atom. The fraction of sp³-hybridized carbons (Fsp3) is 0.789. The number of aromatic nitrogens is 2. The van der Waals surface area contributed by atoms with Crippen molar-refractivity contribution in [2.45, 2.75) is 53.6 Å². The van der Waals surface area contributed by atoms with Gasteiger partial charge in [0.25, 0.3) is 0 Å². The highest BCUT2D eigenvalue weighted by atomic mass is 16.5. The van der Waals surface area contributed by atoms with Gasteiger partial charge in [-0.2, -0.15) is 0 Å². The zero-order chi connectivity index (χ0) is 19.0. The van der Waals surface area contributed by atoms with Gasteiger partial charge in [-0.15, -0.1) is 0 Å². The molecule has 7 heteroatoms. The van der Waals surface area contributed by atoms with E-state index in [1.807, 2.05) is 12.4 Å². The first kappa shape index (κ1) is 22.4. The van der Waals surface area contributed by atoms with Gasteiger partial charge in [-0.1, -0.05) is 27.2 Å². The number of imidazole rings is 1. The van der Waals surface area contributed by atoms with Crippen molar-refractivity contribution in [2.75, 3.05) is 39.5 Å². The molecule has 0 bridgehead atoms. The van der Waals surface area contributed by atoms with Gasteiger partial charge in [0.1, 0.15) is 12.4 Å². The van der Waals surface area contributed by atoms with Crippen LogP contribution >= 0.6 is 0 Å². The molecule has 0 unspecified atom stereocenters. The molecule has 1 aromatic heterocycles. The lowest BCUT2D eigenvalue weighted by Gasteiger charge is -2.12. The van der Waals surface area contributed by atoms with E-state index >= 15 is 0 Å². The molecule has 0 saturated heterocycles. The van der Waals surface area contributed by atoms with E-state index in [0.29, 0.717) is 38.8 Å². The highest BCUT2D eigenvalue weighted by Crippen LogP contribution is 2.04. The van der Waals surface area contributed by atoms with E-state index < -0.39 is 0 Å². The molecule has 0 saturated carbocycles. The van der Waals surface area contributed by atoms with Crippen molar-refractivity contribution < 1.29 is 9.47 Å². The minimum Gasteiger partial charge on any atom is -0.379 e. The van der Waals surface area contributed by atoms with Crippen LogP contribution in [0.4, 0.5) is 0 Å². The van der Waals surface area contributed by atoms with Gasteiger partial charge in [0.15, 0.2) is 5.96 Å². The number of nitrogens with zero attached hydrogens (tertiary/aromatic N) is 3. The number of aliphatic imine (C=N–C) groups is 1. The first-order valence-corrected chi connectivity index (χ1v) is 9.85. The number of guanidine groups is 1. The first-order valence-electron chi connectivity index (χ1n) is 9.85. The number of unbranched alkanes of at least 4 members (excludes halogenated alkanes) is 1. The van der Waals surface area contributed by atoms with Crippen molar-refractivity contribution in [1.82, 2.24) is 20.2 Å². The highest BCUT2D eigenvalue weighted by Gasteiger charge is 2.05. The van der Waals surface area contributed by atoms with E-state index in [0.717, 1.165) is 44.3 Å². The van der Waals surface area contributed by atoms with Crippen LogP contribution in [0.25, 0.3) is 0 Å². The molecule has 0 aliphatic carbocycles. The normalized spacial score (nSPS) is 12.0. The summed E-state index contributed by atoms with van der Waals surface area (Å²) in [5, 5.41) is 6.54. The third-order valence-electron chi connectivity index (χ3n) is 3.64. The Labute approximate surface area is 158 Å². The Balaban J connectivity index is 2.28. The van der Waals surface area contributed by atoms with Gasteiger partial charge in [0, 0.05) is 38.6 Å². The van der Waals surface area contributed by atoms with E-state index in [2.05, 4.69) is 52.9 Å². The molecule has 1 rings (SSSR count). The molecular weight excluding hydrogens is 330 g/mol. The maximum absolute atomic E-state index is 5.57. The van der Waals surface area contributed by atoms with Gasteiger partial charge in [0.05, 0.1) is 19.8 Å². The maximum Gasteiger partial charge on any atom is 0.191 e. The molecular formula is C19H37N5O2. The first-order chi connectivity index (χ1) is 12.7. The molecule has 26 heavy (non-hydrogen) atoms. The lowest BCUT2D eigenvalue weighted by atomic mass is 10.2. The Morgan fingerprint density at radius 2 is 1.92 bits per heavy atom. The van der Waals surface area contributed by atoms with Gasteiger partial charge in [-0.05, 0) is 19.3 Å². The number of rotatable bonds is 14. The van der Waals surface area contributed by atoms with Crippen LogP contribution in [0.5, 0.6) is 0 Å². The van der Waals surface area contributed by atoms with Crippen molar-refractivity contribution in [3.63, 3.8) is 0 Å². The Bertz CT molecular complexity index is 488. The largest absolute Gasteiger partial charge is 0.379 e. The molecule has 0 atom stereocenters. The van der Waals surface area contributed by atoms with Crippen LogP contribution in [0.3, 0.4) is 0 Å². The smallest absolute Gasteiger partial charge is 0.191 e. The van der Waals surface area contributed by atoms with Crippen LogP contribution in [-0.4, -0.2) is 55.0 Å². The van der Waals surface area contributed by atoms with Crippen molar-refractivity contribution in [1.29, 1.82) is 0 Å². The molecule has 0 amide bonds. The fourth-order valence-corrected chi connectivity index (χ4v) is 2.35. The van der Waals surface area contributed by atoms with E-state index in [1.54, 1.807) is 0 Å². The zero-order valence-electron chi connectivity index (χ0n) is 17.0. The molecule has 0 aliphatic rings. The van der Waals surface area contributed by atoms with E-state index in [1.165, 1.54) is 0 Å². The van der Waals surface area contributed by atoms with Gasteiger partial charge in [-0.3, -0.25) is 0 Å². The number of ether oxygens (including phenoxy) is 2. The maximum atomic E-state index is 5.57. The second-order valence-electron chi connectivity index (χ2n) is 6.59. The summed E-state index contributed by atoms with van der Waals surface area (Å²) >= 11 is 0. The van der Waals surface area contributed by atoms with Crippen molar-refractivity contribution >= 4 is 5.96 Å². The third-order valence-corrected chi connectivity index (χ3v) is 3.64.